The molecule has 0 aliphatic carbocycles. The Kier molecular flexibility index (Phi) is 6.79. The summed E-state index contributed by atoms with van der Waals surface area (Å²) in [6, 6.07) is 7.79. The number of carbonyl (C=O) groups is 1. The molecule has 0 aromatic heterocycles. The minimum atomic E-state index is 0.208. The van der Waals surface area contributed by atoms with E-state index >= 15 is 0 Å². The minimum Gasteiger partial charge on any atom is -0.494 e. The predicted molar refractivity (Wildman–Crippen MR) is 78.6 cm³/mol. The van der Waals surface area contributed by atoms with Gasteiger partial charge in [0.2, 0.25) is 5.91 Å². The predicted octanol–water partition coefficient (Wildman–Crippen LogP) is 2.76. The van der Waals surface area contributed by atoms with Crippen LogP contribution in [0.25, 0.3) is 0 Å². The van der Waals surface area contributed by atoms with E-state index in [1.54, 1.807) is 0 Å². The van der Waals surface area contributed by atoms with E-state index in [1.807, 2.05) is 50.1 Å². The highest BCUT2D eigenvalue weighted by molar-refractivity contribution is 5.76. The highest BCUT2D eigenvalue weighted by atomic mass is 16.5. The Morgan fingerprint density at radius 1 is 1.21 bits per heavy atom. The van der Waals surface area contributed by atoms with Gasteiger partial charge in [0.25, 0.3) is 0 Å². The maximum absolute atomic E-state index is 11.8. The number of anilines is 1. The Labute approximate surface area is 115 Å². The van der Waals surface area contributed by atoms with Gasteiger partial charge in [0.15, 0.2) is 0 Å². The molecular formula is C15H24N2O2. The molecule has 0 atom stereocenters. The number of nitrogens with zero attached hydrogens (tertiary/aromatic N) is 1. The molecule has 0 spiro atoms. The SMILES string of the molecule is CCN(CC)C(=O)CCCOc1ccc(NC)cc1. The van der Waals surface area contributed by atoms with Crippen molar-refractivity contribution >= 4 is 11.6 Å². The van der Waals surface area contributed by atoms with Crippen molar-refractivity contribution in [1.82, 2.24) is 4.90 Å². The molecule has 1 N–H and O–H groups in total. The first-order chi connectivity index (χ1) is 9.21. The van der Waals surface area contributed by atoms with Gasteiger partial charge in [-0.05, 0) is 44.5 Å². The van der Waals surface area contributed by atoms with E-state index in [4.69, 9.17) is 4.74 Å². The molecule has 0 unspecified atom stereocenters. The summed E-state index contributed by atoms with van der Waals surface area (Å²) < 4.78 is 5.60. The van der Waals surface area contributed by atoms with Crippen molar-refractivity contribution in [3.8, 4) is 5.75 Å². The third kappa shape index (κ3) is 5.20. The van der Waals surface area contributed by atoms with Crippen molar-refractivity contribution in [2.75, 3.05) is 32.1 Å². The van der Waals surface area contributed by atoms with Gasteiger partial charge in [0, 0.05) is 32.2 Å². The van der Waals surface area contributed by atoms with Gasteiger partial charge in [-0.3, -0.25) is 4.79 Å². The maximum Gasteiger partial charge on any atom is 0.222 e. The summed E-state index contributed by atoms with van der Waals surface area (Å²) in [6.45, 7) is 6.14. The molecule has 4 heteroatoms. The molecule has 0 fully saturated rings. The van der Waals surface area contributed by atoms with Gasteiger partial charge in [0.1, 0.15) is 5.75 Å². The van der Waals surface area contributed by atoms with Gasteiger partial charge in [0.05, 0.1) is 6.61 Å². The van der Waals surface area contributed by atoms with E-state index in [1.165, 1.54) is 0 Å². The fourth-order valence-corrected chi connectivity index (χ4v) is 1.87. The minimum absolute atomic E-state index is 0.208. The first kappa shape index (κ1) is 15.3. The summed E-state index contributed by atoms with van der Waals surface area (Å²) in [4.78, 5) is 13.6. The molecule has 1 aromatic carbocycles. The van der Waals surface area contributed by atoms with Crippen molar-refractivity contribution < 1.29 is 9.53 Å². The van der Waals surface area contributed by atoms with Crippen LogP contribution in [0.2, 0.25) is 0 Å². The molecule has 0 saturated carbocycles. The van der Waals surface area contributed by atoms with E-state index in [-0.39, 0.29) is 5.91 Å². The van der Waals surface area contributed by atoms with Crippen molar-refractivity contribution in [1.29, 1.82) is 0 Å². The lowest BCUT2D eigenvalue weighted by molar-refractivity contribution is -0.131. The normalized spacial score (nSPS) is 10.1. The van der Waals surface area contributed by atoms with E-state index in [0.29, 0.717) is 13.0 Å². The van der Waals surface area contributed by atoms with Crippen molar-refractivity contribution in [3.63, 3.8) is 0 Å². The Morgan fingerprint density at radius 3 is 2.37 bits per heavy atom. The molecule has 19 heavy (non-hydrogen) atoms. The Hall–Kier alpha value is -1.71. The van der Waals surface area contributed by atoms with Gasteiger partial charge in [-0.25, -0.2) is 0 Å². The monoisotopic (exact) mass is 264 g/mol. The zero-order chi connectivity index (χ0) is 14.1. The largest absolute Gasteiger partial charge is 0.494 e. The van der Waals surface area contributed by atoms with Gasteiger partial charge in [-0.15, -0.1) is 0 Å². The Balaban J connectivity index is 2.24. The standard InChI is InChI=1S/C15H24N2O2/c1-4-17(5-2)15(18)7-6-12-19-14-10-8-13(16-3)9-11-14/h8-11,16H,4-7,12H2,1-3H3. The fourth-order valence-electron chi connectivity index (χ4n) is 1.87. The first-order valence-corrected chi connectivity index (χ1v) is 6.89. The molecule has 4 nitrogen and oxygen atoms in total. The zero-order valence-corrected chi connectivity index (χ0v) is 12.1. The van der Waals surface area contributed by atoms with Crippen molar-refractivity contribution in [2.45, 2.75) is 26.7 Å². The molecule has 0 saturated heterocycles. The molecular weight excluding hydrogens is 240 g/mol. The van der Waals surface area contributed by atoms with Gasteiger partial charge in [-0.2, -0.15) is 0 Å². The average Bonchev–Trinajstić information content (AvgIpc) is 2.45. The van der Waals surface area contributed by atoms with Gasteiger partial charge >= 0.3 is 0 Å². The third-order valence-corrected chi connectivity index (χ3v) is 3.06. The van der Waals surface area contributed by atoms with Crippen LogP contribution in [0, 0.1) is 0 Å². The van der Waals surface area contributed by atoms with Crippen LogP contribution >= 0.6 is 0 Å². The van der Waals surface area contributed by atoms with Crippen LogP contribution in [0.3, 0.4) is 0 Å². The second-order valence-corrected chi connectivity index (χ2v) is 4.29. The summed E-state index contributed by atoms with van der Waals surface area (Å²) in [7, 11) is 1.88. The second-order valence-electron chi connectivity index (χ2n) is 4.29. The quantitative estimate of drug-likeness (QED) is 0.734. The second kappa shape index (κ2) is 8.40. The van der Waals surface area contributed by atoms with Crippen molar-refractivity contribution in [2.24, 2.45) is 0 Å². The van der Waals surface area contributed by atoms with Gasteiger partial charge < -0.3 is 15.0 Å². The fraction of sp³-hybridized carbons (Fsp3) is 0.533. The van der Waals surface area contributed by atoms with E-state index in [0.717, 1.165) is 30.9 Å². The lowest BCUT2D eigenvalue weighted by Gasteiger charge is -2.18. The number of nitrogens with one attached hydrogen (secondary N) is 1. The lowest BCUT2D eigenvalue weighted by Crippen LogP contribution is -2.30. The summed E-state index contributed by atoms with van der Waals surface area (Å²) in [5.74, 6) is 1.05. The number of carbonyl (C=O) groups excluding carboxylic acids is 1. The lowest BCUT2D eigenvalue weighted by atomic mass is 10.2. The highest BCUT2D eigenvalue weighted by Gasteiger charge is 2.08. The van der Waals surface area contributed by atoms with Gasteiger partial charge in [-0.1, -0.05) is 0 Å². The van der Waals surface area contributed by atoms with Crippen LogP contribution in [0.15, 0.2) is 24.3 Å². The topological polar surface area (TPSA) is 41.6 Å². The average molecular weight is 264 g/mol. The molecule has 0 aliphatic rings. The van der Waals surface area contributed by atoms with Crippen LogP contribution < -0.4 is 10.1 Å². The van der Waals surface area contributed by atoms with Crippen LogP contribution in [0.5, 0.6) is 5.75 Å². The molecule has 0 heterocycles. The molecule has 1 aromatic rings. The summed E-state index contributed by atoms with van der Waals surface area (Å²) in [5, 5.41) is 3.06. The first-order valence-electron chi connectivity index (χ1n) is 6.89. The molecule has 1 amide bonds. The molecule has 0 radical (unpaired) electrons. The van der Waals surface area contributed by atoms with E-state index in [2.05, 4.69) is 5.32 Å². The highest BCUT2D eigenvalue weighted by Crippen LogP contribution is 2.15. The van der Waals surface area contributed by atoms with Crippen molar-refractivity contribution in [3.05, 3.63) is 24.3 Å². The maximum atomic E-state index is 11.8. The summed E-state index contributed by atoms with van der Waals surface area (Å²) in [5.41, 5.74) is 1.06. The third-order valence-electron chi connectivity index (χ3n) is 3.06. The molecule has 106 valence electrons. The van der Waals surface area contributed by atoms with E-state index in [9.17, 15) is 4.79 Å². The number of benzene rings is 1. The number of hydrogen-bond acceptors (Lipinski definition) is 3. The molecule has 0 aliphatic heterocycles. The number of ether oxygens (including phenoxy) is 1. The van der Waals surface area contributed by atoms with Crippen LogP contribution in [-0.2, 0) is 4.79 Å². The van der Waals surface area contributed by atoms with Crippen LogP contribution in [0.1, 0.15) is 26.7 Å². The summed E-state index contributed by atoms with van der Waals surface area (Å²) >= 11 is 0. The Morgan fingerprint density at radius 2 is 1.84 bits per heavy atom. The molecule has 1 rings (SSSR count). The number of rotatable bonds is 8. The smallest absolute Gasteiger partial charge is 0.222 e. The number of hydrogen-bond donors (Lipinski definition) is 1. The molecule has 0 bridgehead atoms. The summed E-state index contributed by atoms with van der Waals surface area (Å²) in [6.07, 6.45) is 1.30. The van der Waals surface area contributed by atoms with E-state index < -0.39 is 0 Å². The number of amides is 1. The van der Waals surface area contributed by atoms with Crippen LogP contribution in [0.4, 0.5) is 5.69 Å². The zero-order valence-electron chi connectivity index (χ0n) is 12.1. The van der Waals surface area contributed by atoms with Crippen LogP contribution in [-0.4, -0.2) is 37.6 Å². The Bertz CT molecular complexity index is 372.